The fourth-order valence-electron chi connectivity index (χ4n) is 3.18. The van der Waals surface area contributed by atoms with Gasteiger partial charge in [-0.25, -0.2) is 0 Å². The monoisotopic (exact) mass is 412 g/mol. The fourth-order valence-corrected chi connectivity index (χ4v) is 3.18. The van der Waals surface area contributed by atoms with Gasteiger partial charge in [0.15, 0.2) is 11.5 Å². The normalized spacial score (nSPS) is 13.4. The molecule has 0 spiro atoms. The third kappa shape index (κ3) is 4.41. The summed E-state index contributed by atoms with van der Waals surface area (Å²) in [5.74, 6) is 0.710. The maximum atomic E-state index is 12.6. The third-order valence-electron chi connectivity index (χ3n) is 4.63. The van der Waals surface area contributed by atoms with E-state index in [1.807, 2.05) is 19.9 Å². The first-order valence-electron chi connectivity index (χ1n) is 9.28. The van der Waals surface area contributed by atoms with Crippen LogP contribution in [-0.2, 0) is 11.3 Å². The number of hydrogen-bond acceptors (Lipinski definition) is 7. The van der Waals surface area contributed by atoms with Gasteiger partial charge >= 0.3 is 0 Å². The molecule has 1 amide bonds. The van der Waals surface area contributed by atoms with Crippen molar-refractivity contribution in [1.82, 2.24) is 9.88 Å². The van der Waals surface area contributed by atoms with E-state index >= 15 is 0 Å². The summed E-state index contributed by atoms with van der Waals surface area (Å²) in [6, 6.07) is 7.52. The lowest BCUT2D eigenvalue weighted by atomic mass is 9.95. The predicted octanol–water partition coefficient (Wildman–Crippen LogP) is 1.91. The number of amides is 1. The van der Waals surface area contributed by atoms with Crippen LogP contribution in [0.3, 0.4) is 0 Å². The van der Waals surface area contributed by atoms with Gasteiger partial charge in [0.2, 0.25) is 5.91 Å². The first-order chi connectivity index (χ1) is 14.3. The molecule has 2 aromatic rings. The van der Waals surface area contributed by atoms with Gasteiger partial charge in [0.1, 0.15) is 31.4 Å². The molecule has 10 nitrogen and oxygen atoms in total. The maximum absolute atomic E-state index is 12.6. The number of nitriles is 1. The summed E-state index contributed by atoms with van der Waals surface area (Å²) in [5.41, 5.74) is -0.805. The number of fused-ring (bicyclic) bond motifs is 1. The van der Waals surface area contributed by atoms with Crippen molar-refractivity contribution >= 4 is 11.6 Å². The average Bonchev–Trinajstić information content (AvgIpc) is 2.72. The van der Waals surface area contributed by atoms with Gasteiger partial charge in [0.25, 0.3) is 11.2 Å². The molecule has 0 fully saturated rings. The second-order valence-corrected chi connectivity index (χ2v) is 7.11. The summed E-state index contributed by atoms with van der Waals surface area (Å²) in [6.45, 7) is 4.30. The molecule has 30 heavy (non-hydrogen) atoms. The van der Waals surface area contributed by atoms with E-state index in [0.29, 0.717) is 24.7 Å². The standard InChI is InChI=1S/C20H20N4O6/c1-12(2)19(13-3-4-16-17(8-13)30-6-5-29-16)22-18(25)11-23-10-15(24(27)28)7-14(9-21)20(23)26/h3-4,7-8,10,12,19H,5-6,11H2,1-2H3,(H,22,25). The summed E-state index contributed by atoms with van der Waals surface area (Å²) >= 11 is 0. The SMILES string of the molecule is CC(C)C(NC(=O)Cn1cc([N+](=O)[O-])cc(C#N)c1=O)c1ccc2c(c1)OCCO2. The Labute approximate surface area is 171 Å². The topological polar surface area (TPSA) is 136 Å². The first kappa shape index (κ1) is 20.9. The van der Waals surface area contributed by atoms with Crippen molar-refractivity contribution in [1.29, 1.82) is 5.26 Å². The second-order valence-electron chi connectivity index (χ2n) is 7.11. The van der Waals surface area contributed by atoms with Crippen LogP contribution in [0.4, 0.5) is 5.69 Å². The number of hydrogen-bond donors (Lipinski definition) is 1. The quantitative estimate of drug-likeness (QED) is 0.565. The highest BCUT2D eigenvalue weighted by Crippen LogP contribution is 2.34. The van der Waals surface area contributed by atoms with Crippen LogP contribution < -0.4 is 20.3 Å². The van der Waals surface area contributed by atoms with Crippen molar-refractivity contribution in [2.24, 2.45) is 5.92 Å². The third-order valence-corrected chi connectivity index (χ3v) is 4.63. The molecule has 156 valence electrons. The number of nitro groups is 1. The number of carbonyl (C=O) groups excluding carboxylic acids is 1. The van der Waals surface area contributed by atoms with Crippen LogP contribution in [0, 0.1) is 27.4 Å². The van der Waals surface area contributed by atoms with E-state index in [9.17, 15) is 19.7 Å². The van der Waals surface area contributed by atoms with Crippen LogP contribution in [0.5, 0.6) is 11.5 Å². The van der Waals surface area contributed by atoms with Gasteiger partial charge in [-0.3, -0.25) is 24.3 Å². The van der Waals surface area contributed by atoms with Crippen molar-refractivity contribution in [2.75, 3.05) is 13.2 Å². The van der Waals surface area contributed by atoms with Gasteiger partial charge in [-0.05, 0) is 23.6 Å². The van der Waals surface area contributed by atoms with Crippen molar-refractivity contribution in [3.05, 3.63) is 62.1 Å². The lowest BCUT2D eigenvalue weighted by molar-refractivity contribution is -0.385. The predicted molar refractivity (Wildman–Crippen MR) is 105 cm³/mol. The number of nitrogens with zero attached hydrogens (tertiary/aromatic N) is 3. The number of pyridine rings is 1. The molecule has 1 aliphatic heterocycles. The summed E-state index contributed by atoms with van der Waals surface area (Å²) in [6.07, 6.45) is 0.956. The molecule has 1 N–H and O–H groups in total. The molecule has 0 saturated heterocycles. The van der Waals surface area contributed by atoms with Crippen molar-refractivity contribution in [3.63, 3.8) is 0 Å². The van der Waals surface area contributed by atoms with Gasteiger partial charge in [-0.1, -0.05) is 19.9 Å². The zero-order valence-corrected chi connectivity index (χ0v) is 16.5. The molecule has 0 aliphatic carbocycles. The zero-order chi connectivity index (χ0) is 21.8. The number of nitrogens with one attached hydrogen (secondary N) is 1. The van der Waals surface area contributed by atoms with Crippen LogP contribution in [0.25, 0.3) is 0 Å². The number of carbonyl (C=O) groups is 1. The van der Waals surface area contributed by atoms with Gasteiger partial charge in [-0.15, -0.1) is 0 Å². The van der Waals surface area contributed by atoms with Crippen LogP contribution in [-0.4, -0.2) is 28.6 Å². The molecule has 3 rings (SSSR count). The van der Waals surface area contributed by atoms with E-state index in [0.717, 1.165) is 22.4 Å². The Hall–Kier alpha value is -3.87. The first-order valence-corrected chi connectivity index (χ1v) is 9.28. The molecule has 1 aromatic carbocycles. The number of aromatic nitrogens is 1. The zero-order valence-electron chi connectivity index (χ0n) is 16.5. The van der Waals surface area contributed by atoms with Gasteiger partial charge < -0.3 is 14.8 Å². The Morgan fingerprint density at radius 2 is 2.00 bits per heavy atom. The van der Waals surface area contributed by atoms with Crippen molar-refractivity contribution in [3.8, 4) is 17.6 Å². The van der Waals surface area contributed by atoms with E-state index in [1.54, 1.807) is 18.2 Å². The largest absolute Gasteiger partial charge is 0.486 e. The highest BCUT2D eigenvalue weighted by molar-refractivity contribution is 5.76. The van der Waals surface area contributed by atoms with Crippen LogP contribution in [0.1, 0.15) is 31.0 Å². The molecule has 1 aromatic heterocycles. The minimum Gasteiger partial charge on any atom is -0.486 e. The molecule has 1 atom stereocenters. The average molecular weight is 412 g/mol. The van der Waals surface area contributed by atoms with E-state index in [2.05, 4.69) is 5.32 Å². The summed E-state index contributed by atoms with van der Waals surface area (Å²) < 4.78 is 12.0. The highest BCUT2D eigenvalue weighted by atomic mass is 16.6. The fraction of sp³-hybridized carbons (Fsp3) is 0.350. The molecule has 1 aliphatic rings. The lowest BCUT2D eigenvalue weighted by Crippen LogP contribution is -2.37. The van der Waals surface area contributed by atoms with E-state index < -0.39 is 40.2 Å². The Bertz CT molecular complexity index is 1090. The Balaban J connectivity index is 1.83. The Morgan fingerprint density at radius 1 is 1.30 bits per heavy atom. The minimum absolute atomic E-state index is 0.00742. The molecule has 2 heterocycles. The van der Waals surface area contributed by atoms with E-state index in [-0.39, 0.29) is 5.92 Å². The maximum Gasteiger partial charge on any atom is 0.287 e. The van der Waals surface area contributed by atoms with Gasteiger partial charge in [-0.2, -0.15) is 5.26 Å². The summed E-state index contributed by atoms with van der Waals surface area (Å²) in [7, 11) is 0. The molecular formula is C20H20N4O6. The van der Waals surface area contributed by atoms with Crippen LogP contribution >= 0.6 is 0 Å². The summed E-state index contributed by atoms with van der Waals surface area (Å²) in [4.78, 5) is 35.2. The van der Waals surface area contributed by atoms with Crippen LogP contribution in [0.2, 0.25) is 0 Å². The molecule has 10 heteroatoms. The van der Waals surface area contributed by atoms with Gasteiger partial charge in [0, 0.05) is 6.07 Å². The van der Waals surface area contributed by atoms with Crippen molar-refractivity contribution < 1.29 is 19.2 Å². The minimum atomic E-state index is -0.765. The number of ether oxygens (including phenoxy) is 2. The van der Waals surface area contributed by atoms with E-state index in [1.165, 1.54) is 0 Å². The molecule has 0 radical (unpaired) electrons. The number of benzene rings is 1. The molecule has 1 unspecified atom stereocenters. The Kier molecular flexibility index (Phi) is 6.01. The smallest absolute Gasteiger partial charge is 0.287 e. The summed E-state index contributed by atoms with van der Waals surface area (Å²) in [5, 5.41) is 22.9. The molecular weight excluding hydrogens is 392 g/mol. The number of rotatable bonds is 6. The Morgan fingerprint density at radius 3 is 2.63 bits per heavy atom. The van der Waals surface area contributed by atoms with Crippen molar-refractivity contribution in [2.45, 2.75) is 26.4 Å². The second kappa shape index (κ2) is 8.65. The van der Waals surface area contributed by atoms with Crippen LogP contribution in [0.15, 0.2) is 35.3 Å². The van der Waals surface area contributed by atoms with E-state index in [4.69, 9.17) is 14.7 Å². The highest BCUT2D eigenvalue weighted by Gasteiger charge is 2.22. The molecule has 0 bridgehead atoms. The molecule has 0 saturated carbocycles. The van der Waals surface area contributed by atoms with Gasteiger partial charge in [0.05, 0.1) is 17.2 Å². The lowest BCUT2D eigenvalue weighted by Gasteiger charge is -2.25.